The van der Waals surface area contributed by atoms with Crippen LogP contribution in [0.15, 0.2) is 18.2 Å². The average molecular weight is 297 g/mol. The minimum atomic E-state index is -0.542. The van der Waals surface area contributed by atoms with E-state index in [0.717, 1.165) is 11.5 Å². The molecule has 0 aliphatic heterocycles. The minimum absolute atomic E-state index is 0.0368. The molecule has 1 unspecified atom stereocenters. The van der Waals surface area contributed by atoms with Gasteiger partial charge >= 0.3 is 0 Å². The molecule has 1 aromatic carbocycles. The number of nitrogens with one attached hydrogen (secondary N) is 2. The van der Waals surface area contributed by atoms with Gasteiger partial charge < -0.3 is 10.6 Å². The lowest BCUT2D eigenvalue weighted by molar-refractivity contribution is -0.385. The van der Waals surface area contributed by atoms with Gasteiger partial charge in [-0.2, -0.15) is 11.8 Å². The van der Waals surface area contributed by atoms with Crippen LogP contribution in [0.5, 0.6) is 0 Å². The summed E-state index contributed by atoms with van der Waals surface area (Å²) in [6.07, 6.45) is 0. The third-order valence-corrected chi connectivity index (χ3v) is 3.82. The number of benzene rings is 1. The van der Waals surface area contributed by atoms with E-state index in [0.29, 0.717) is 5.69 Å². The summed E-state index contributed by atoms with van der Waals surface area (Å²) in [6, 6.07) is 4.37. The van der Waals surface area contributed by atoms with E-state index in [2.05, 4.69) is 10.6 Å². The molecule has 1 aromatic rings. The lowest BCUT2D eigenvalue weighted by Crippen LogP contribution is -2.34. The van der Waals surface area contributed by atoms with E-state index < -0.39 is 10.8 Å². The summed E-state index contributed by atoms with van der Waals surface area (Å²) in [7, 11) is 1.70. The largest absolute Gasteiger partial charge is 0.388 e. The molecule has 0 bridgehead atoms. The van der Waals surface area contributed by atoms with Crippen LogP contribution < -0.4 is 10.6 Å². The molecule has 0 saturated carbocycles. The van der Waals surface area contributed by atoms with E-state index in [1.165, 1.54) is 12.1 Å². The topological polar surface area (TPSA) is 84.3 Å². The molecular formula is C13H19N3O3S. The summed E-state index contributed by atoms with van der Waals surface area (Å²) in [5.41, 5.74) is 0.559. The van der Waals surface area contributed by atoms with Gasteiger partial charge in [-0.1, -0.05) is 6.92 Å². The van der Waals surface area contributed by atoms with Gasteiger partial charge in [0.15, 0.2) is 0 Å². The molecule has 0 heterocycles. The fourth-order valence-electron chi connectivity index (χ4n) is 1.67. The Hall–Kier alpha value is -1.76. The summed E-state index contributed by atoms with van der Waals surface area (Å²) in [5.74, 6) is 1.33. The number of nitro benzene ring substituents is 1. The average Bonchev–Trinajstić information content (AvgIpc) is 2.44. The highest BCUT2D eigenvalue weighted by molar-refractivity contribution is 7.99. The van der Waals surface area contributed by atoms with Crippen LogP contribution in [0, 0.1) is 10.1 Å². The molecule has 0 aliphatic rings. The Bertz CT molecular complexity index is 494. The number of rotatable bonds is 7. The molecule has 0 fully saturated rings. The molecule has 1 amide bonds. The Morgan fingerprint density at radius 2 is 2.20 bits per heavy atom. The molecule has 110 valence electrons. The van der Waals surface area contributed by atoms with Crippen LogP contribution in [0.3, 0.4) is 0 Å². The summed E-state index contributed by atoms with van der Waals surface area (Å²) < 4.78 is 0. The molecule has 1 atom stereocenters. The van der Waals surface area contributed by atoms with E-state index in [1.54, 1.807) is 24.9 Å². The van der Waals surface area contributed by atoms with Gasteiger partial charge in [-0.05, 0) is 24.8 Å². The van der Waals surface area contributed by atoms with Crippen LogP contribution in [-0.2, 0) is 0 Å². The number of carbonyl (C=O) groups is 1. The smallest absolute Gasteiger partial charge is 0.282 e. The van der Waals surface area contributed by atoms with Crippen molar-refractivity contribution in [3.63, 3.8) is 0 Å². The third kappa shape index (κ3) is 4.41. The van der Waals surface area contributed by atoms with Gasteiger partial charge in [-0.25, -0.2) is 0 Å². The first-order valence-corrected chi connectivity index (χ1v) is 7.49. The van der Waals surface area contributed by atoms with Crippen LogP contribution >= 0.6 is 11.8 Å². The van der Waals surface area contributed by atoms with E-state index in [4.69, 9.17) is 0 Å². The number of thioether (sulfide) groups is 1. The molecule has 1 rings (SSSR count). The van der Waals surface area contributed by atoms with Crippen LogP contribution in [0.2, 0.25) is 0 Å². The SMILES string of the molecule is CCSCC(C)NC(=O)c1cc(NC)ccc1[N+](=O)[O-]. The highest BCUT2D eigenvalue weighted by atomic mass is 32.2. The number of hydrogen-bond acceptors (Lipinski definition) is 5. The monoisotopic (exact) mass is 297 g/mol. The van der Waals surface area contributed by atoms with Crippen molar-refractivity contribution in [2.24, 2.45) is 0 Å². The van der Waals surface area contributed by atoms with Crippen LogP contribution in [0.25, 0.3) is 0 Å². The first-order valence-electron chi connectivity index (χ1n) is 6.34. The van der Waals surface area contributed by atoms with Gasteiger partial charge in [0, 0.05) is 30.6 Å². The van der Waals surface area contributed by atoms with Crippen molar-refractivity contribution in [2.75, 3.05) is 23.9 Å². The third-order valence-electron chi connectivity index (χ3n) is 2.68. The lowest BCUT2D eigenvalue weighted by Gasteiger charge is -2.13. The zero-order valence-electron chi connectivity index (χ0n) is 11.8. The van der Waals surface area contributed by atoms with Crippen molar-refractivity contribution in [3.8, 4) is 0 Å². The van der Waals surface area contributed by atoms with Gasteiger partial charge in [-0.3, -0.25) is 14.9 Å². The molecule has 7 heteroatoms. The number of hydrogen-bond donors (Lipinski definition) is 2. The predicted molar refractivity (Wildman–Crippen MR) is 82.6 cm³/mol. The minimum Gasteiger partial charge on any atom is -0.388 e. The van der Waals surface area contributed by atoms with Crippen molar-refractivity contribution in [1.82, 2.24) is 5.32 Å². The summed E-state index contributed by atoms with van der Waals surface area (Å²) in [4.78, 5) is 22.6. The Kier molecular flexibility index (Phi) is 6.30. The Morgan fingerprint density at radius 1 is 1.50 bits per heavy atom. The van der Waals surface area contributed by atoms with Gasteiger partial charge in [0.1, 0.15) is 5.56 Å². The number of amides is 1. The van der Waals surface area contributed by atoms with Crippen molar-refractivity contribution in [3.05, 3.63) is 33.9 Å². The van der Waals surface area contributed by atoms with Gasteiger partial charge in [0.05, 0.1) is 4.92 Å². The van der Waals surface area contributed by atoms with Gasteiger partial charge in [-0.15, -0.1) is 0 Å². The lowest BCUT2D eigenvalue weighted by atomic mass is 10.1. The highest BCUT2D eigenvalue weighted by Crippen LogP contribution is 2.22. The van der Waals surface area contributed by atoms with E-state index >= 15 is 0 Å². The van der Waals surface area contributed by atoms with Crippen molar-refractivity contribution < 1.29 is 9.72 Å². The van der Waals surface area contributed by atoms with Crippen molar-refractivity contribution >= 4 is 29.0 Å². The zero-order chi connectivity index (χ0) is 15.1. The Morgan fingerprint density at radius 3 is 2.75 bits per heavy atom. The number of carbonyl (C=O) groups excluding carboxylic acids is 1. The quantitative estimate of drug-likeness (QED) is 0.596. The summed E-state index contributed by atoms with van der Waals surface area (Å²) in [5, 5.41) is 16.6. The van der Waals surface area contributed by atoms with Crippen LogP contribution in [0.4, 0.5) is 11.4 Å². The highest BCUT2D eigenvalue weighted by Gasteiger charge is 2.21. The molecular weight excluding hydrogens is 278 g/mol. The van der Waals surface area contributed by atoms with Gasteiger partial charge in [0.25, 0.3) is 11.6 Å². The fourth-order valence-corrected chi connectivity index (χ4v) is 2.34. The van der Waals surface area contributed by atoms with E-state index in [9.17, 15) is 14.9 Å². The van der Waals surface area contributed by atoms with Crippen LogP contribution in [0.1, 0.15) is 24.2 Å². The maximum Gasteiger partial charge on any atom is 0.282 e. The second-order valence-corrected chi connectivity index (χ2v) is 5.59. The number of nitrogens with zero attached hydrogens (tertiary/aromatic N) is 1. The number of anilines is 1. The Balaban J connectivity index is 2.92. The second-order valence-electron chi connectivity index (χ2n) is 4.27. The standard InChI is InChI=1S/C13H19N3O3S/c1-4-20-8-9(2)15-13(17)11-7-10(14-3)5-6-12(11)16(18)19/h5-7,9,14H,4,8H2,1-3H3,(H,15,17). The molecule has 0 radical (unpaired) electrons. The van der Waals surface area contributed by atoms with E-state index in [-0.39, 0.29) is 17.3 Å². The second kappa shape index (κ2) is 7.74. The van der Waals surface area contributed by atoms with Gasteiger partial charge in [0.2, 0.25) is 0 Å². The van der Waals surface area contributed by atoms with E-state index in [1.807, 2.05) is 13.8 Å². The summed E-state index contributed by atoms with van der Waals surface area (Å²) >= 11 is 1.71. The molecule has 0 spiro atoms. The predicted octanol–water partition coefficient (Wildman–Crippen LogP) is 2.51. The first-order chi connectivity index (χ1) is 9.49. The fraction of sp³-hybridized carbons (Fsp3) is 0.462. The maximum absolute atomic E-state index is 12.2. The van der Waals surface area contributed by atoms with Crippen molar-refractivity contribution in [2.45, 2.75) is 19.9 Å². The molecule has 0 saturated heterocycles. The Labute approximate surface area is 122 Å². The van der Waals surface area contributed by atoms with Crippen LogP contribution in [-0.4, -0.2) is 35.4 Å². The molecule has 20 heavy (non-hydrogen) atoms. The molecule has 0 aliphatic carbocycles. The molecule has 2 N–H and O–H groups in total. The van der Waals surface area contributed by atoms with Crippen molar-refractivity contribution in [1.29, 1.82) is 0 Å². The normalized spacial score (nSPS) is 11.8. The summed E-state index contributed by atoms with van der Waals surface area (Å²) in [6.45, 7) is 3.93. The maximum atomic E-state index is 12.2. The molecule has 0 aromatic heterocycles. The number of nitro groups is 1. The molecule has 6 nitrogen and oxygen atoms in total. The first kappa shape index (κ1) is 16.3. The zero-order valence-corrected chi connectivity index (χ0v) is 12.6.